The summed E-state index contributed by atoms with van der Waals surface area (Å²) in [7, 11) is -6.00. The Hall–Kier alpha value is -1.23. The van der Waals surface area contributed by atoms with Gasteiger partial charge < -0.3 is 17.3 Å². The van der Waals surface area contributed by atoms with Crippen LogP contribution < -0.4 is 0 Å². The Morgan fingerprint density at radius 3 is 2.00 bits per heavy atom. The summed E-state index contributed by atoms with van der Waals surface area (Å²) in [5.74, 6) is 0. The molecule has 0 aliphatic heterocycles. The van der Waals surface area contributed by atoms with E-state index in [1.807, 2.05) is 24.5 Å². The topological polar surface area (TPSA) is 28.1 Å². The van der Waals surface area contributed by atoms with Crippen molar-refractivity contribution in [3.63, 3.8) is 0 Å². The van der Waals surface area contributed by atoms with Gasteiger partial charge in [0.05, 0.1) is 0 Å². The van der Waals surface area contributed by atoms with Gasteiger partial charge in [-0.05, 0) is 12.3 Å². The maximum absolute atomic E-state index is 9.75. The first-order valence-corrected chi connectivity index (χ1v) is 4.96. The van der Waals surface area contributed by atoms with E-state index in [-0.39, 0.29) is 0 Å². The lowest BCUT2D eigenvalue weighted by atomic mass is 10.3. The lowest BCUT2D eigenvalue weighted by Gasteiger charge is -1.94. The minimum absolute atomic E-state index is 0.634. The summed E-state index contributed by atoms with van der Waals surface area (Å²) in [6, 6.07) is 7.45. The zero-order valence-corrected chi connectivity index (χ0v) is 8.52. The SMILES string of the molecule is CSc1ccccc1[N+]#N.F[B-](F)(F)F. The molecule has 0 aliphatic rings. The molecule has 0 spiro atoms. The Balaban J connectivity index is 0.000000336. The van der Waals surface area contributed by atoms with Crippen molar-refractivity contribution in [3.05, 3.63) is 29.2 Å². The van der Waals surface area contributed by atoms with E-state index in [9.17, 15) is 17.3 Å². The van der Waals surface area contributed by atoms with Gasteiger partial charge in [0.1, 0.15) is 4.90 Å². The van der Waals surface area contributed by atoms with Crippen LogP contribution in [0, 0.1) is 5.39 Å². The molecule has 0 atom stereocenters. The summed E-state index contributed by atoms with van der Waals surface area (Å²) in [5.41, 5.74) is 0.634. The smallest absolute Gasteiger partial charge is 0.418 e. The Bertz CT molecular complexity index is 344. The summed E-state index contributed by atoms with van der Waals surface area (Å²) in [5, 5.41) is 8.46. The average Bonchev–Trinajstić information content (AvgIpc) is 2.15. The van der Waals surface area contributed by atoms with Gasteiger partial charge in [-0.15, -0.1) is 11.8 Å². The second-order valence-corrected chi connectivity index (χ2v) is 3.11. The van der Waals surface area contributed by atoms with Crippen LogP contribution >= 0.6 is 11.8 Å². The molecule has 82 valence electrons. The van der Waals surface area contributed by atoms with E-state index in [2.05, 4.69) is 4.98 Å². The number of diazo groups is 1. The van der Waals surface area contributed by atoms with Gasteiger partial charge in [0.25, 0.3) is 0 Å². The summed E-state index contributed by atoms with van der Waals surface area (Å²) >= 11 is 1.57. The van der Waals surface area contributed by atoms with E-state index in [1.165, 1.54) is 0 Å². The number of hydrogen-bond donors (Lipinski definition) is 0. The normalized spacial score (nSPS) is 9.87. The minimum atomic E-state index is -6.00. The number of hydrogen-bond acceptors (Lipinski definition) is 2. The van der Waals surface area contributed by atoms with Gasteiger partial charge in [0.2, 0.25) is 5.39 Å². The van der Waals surface area contributed by atoms with Crippen LogP contribution in [0.2, 0.25) is 0 Å². The highest BCUT2D eigenvalue weighted by Crippen LogP contribution is 2.26. The van der Waals surface area contributed by atoms with Crippen LogP contribution in [0.1, 0.15) is 0 Å². The maximum atomic E-state index is 9.75. The number of nitrogens with zero attached hydrogens (tertiary/aromatic N) is 2. The molecule has 0 aromatic heterocycles. The average molecular weight is 238 g/mol. The molecular formula is C7H7BF4N2S. The van der Waals surface area contributed by atoms with Gasteiger partial charge in [-0.25, -0.2) is 0 Å². The van der Waals surface area contributed by atoms with Crippen molar-refractivity contribution in [1.82, 2.24) is 0 Å². The highest BCUT2D eigenvalue weighted by Gasteiger charge is 2.20. The van der Waals surface area contributed by atoms with Crippen molar-refractivity contribution in [2.24, 2.45) is 0 Å². The third-order valence-electron chi connectivity index (χ3n) is 1.19. The van der Waals surface area contributed by atoms with E-state index >= 15 is 0 Å². The molecule has 0 fully saturated rings. The summed E-state index contributed by atoms with van der Waals surface area (Å²) < 4.78 is 39.0. The Morgan fingerprint density at radius 1 is 1.20 bits per heavy atom. The van der Waals surface area contributed by atoms with Crippen LogP contribution in [-0.4, -0.2) is 13.5 Å². The van der Waals surface area contributed by atoms with Gasteiger partial charge >= 0.3 is 12.9 Å². The first kappa shape index (κ1) is 13.8. The zero-order valence-electron chi connectivity index (χ0n) is 7.70. The van der Waals surface area contributed by atoms with Gasteiger partial charge in [-0.2, -0.15) is 0 Å². The van der Waals surface area contributed by atoms with Gasteiger partial charge in [0.15, 0.2) is 4.98 Å². The molecule has 0 amide bonds. The van der Waals surface area contributed by atoms with Crippen molar-refractivity contribution in [3.8, 4) is 0 Å². The molecule has 1 aromatic rings. The number of rotatable bonds is 1. The molecule has 0 radical (unpaired) electrons. The molecule has 0 heterocycles. The summed E-state index contributed by atoms with van der Waals surface area (Å²) in [4.78, 5) is 4.11. The first-order valence-electron chi connectivity index (χ1n) is 3.74. The first-order chi connectivity index (χ1) is 6.88. The molecule has 1 rings (SSSR count). The molecule has 0 N–H and O–H groups in total. The Morgan fingerprint density at radius 2 is 1.67 bits per heavy atom. The largest absolute Gasteiger partial charge is 0.673 e. The van der Waals surface area contributed by atoms with E-state index < -0.39 is 7.25 Å². The summed E-state index contributed by atoms with van der Waals surface area (Å²) in [6.45, 7) is 0. The third kappa shape index (κ3) is 7.82. The molecule has 8 heteroatoms. The monoisotopic (exact) mass is 238 g/mol. The highest BCUT2D eigenvalue weighted by atomic mass is 32.2. The van der Waals surface area contributed by atoms with Crippen LogP contribution in [0.4, 0.5) is 23.0 Å². The second kappa shape index (κ2) is 6.29. The standard InChI is InChI=1S/C7H7N2S.BF4/c1-10-7-5-3-2-4-6(7)9-8;2-1(3,4)5/h2-5H,1H3;/q+1;-1. The fourth-order valence-corrected chi connectivity index (χ4v) is 1.25. The summed E-state index contributed by atoms with van der Waals surface area (Å²) in [6.07, 6.45) is 1.95. The lowest BCUT2D eigenvalue weighted by molar-refractivity contribution is 0.368. The van der Waals surface area contributed by atoms with Crippen LogP contribution in [0.3, 0.4) is 0 Å². The number of benzene rings is 1. The van der Waals surface area contributed by atoms with Gasteiger partial charge in [-0.3, -0.25) is 0 Å². The number of thioether (sulfide) groups is 1. The molecule has 0 aliphatic carbocycles. The van der Waals surface area contributed by atoms with Gasteiger partial charge in [-0.1, -0.05) is 12.1 Å². The fourth-order valence-electron chi connectivity index (χ4n) is 0.712. The number of halogens is 4. The van der Waals surface area contributed by atoms with Crippen molar-refractivity contribution in [2.75, 3.05) is 6.26 Å². The minimum Gasteiger partial charge on any atom is -0.418 e. The highest BCUT2D eigenvalue weighted by molar-refractivity contribution is 7.98. The molecule has 0 saturated heterocycles. The Kier molecular flexibility index (Phi) is 5.78. The van der Waals surface area contributed by atoms with Crippen molar-refractivity contribution < 1.29 is 17.3 Å². The van der Waals surface area contributed by atoms with Crippen molar-refractivity contribution >= 4 is 24.7 Å². The van der Waals surface area contributed by atoms with E-state index in [0.29, 0.717) is 5.69 Å². The van der Waals surface area contributed by atoms with Crippen LogP contribution in [0.5, 0.6) is 0 Å². The van der Waals surface area contributed by atoms with E-state index in [0.717, 1.165) is 4.90 Å². The molecule has 0 bridgehead atoms. The van der Waals surface area contributed by atoms with E-state index in [4.69, 9.17) is 5.39 Å². The molecule has 0 saturated carbocycles. The molecule has 2 nitrogen and oxygen atoms in total. The molecule has 1 aromatic carbocycles. The fraction of sp³-hybridized carbons (Fsp3) is 0.143. The van der Waals surface area contributed by atoms with Crippen molar-refractivity contribution in [2.45, 2.75) is 4.90 Å². The molecule has 15 heavy (non-hydrogen) atoms. The van der Waals surface area contributed by atoms with E-state index in [1.54, 1.807) is 17.8 Å². The third-order valence-corrected chi connectivity index (χ3v) is 1.98. The Labute approximate surface area is 88.4 Å². The second-order valence-electron chi connectivity index (χ2n) is 2.27. The predicted octanol–water partition coefficient (Wildman–Crippen LogP) is 4.19. The van der Waals surface area contributed by atoms with Crippen LogP contribution in [0.15, 0.2) is 29.2 Å². The van der Waals surface area contributed by atoms with Gasteiger partial charge in [0, 0.05) is 6.07 Å². The molecular weight excluding hydrogens is 231 g/mol. The van der Waals surface area contributed by atoms with Crippen LogP contribution in [0.25, 0.3) is 4.98 Å². The van der Waals surface area contributed by atoms with Crippen LogP contribution in [-0.2, 0) is 0 Å². The lowest BCUT2D eigenvalue weighted by Crippen LogP contribution is -2.02. The predicted molar refractivity (Wildman–Crippen MR) is 53.2 cm³/mol. The van der Waals surface area contributed by atoms with Crippen molar-refractivity contribution in [1.29, 1.82) is 5.39 Å². The molecule has 0 unspecified atom stereocenters. The maximum Gasteiger partial charge on any atom is 0.673 e. The zero-order chi connectivity index (χ0) is 11.9. The quantitative estimate of drug-likeness (QED) is 0.317.